The number of nitrogens with one attached hydrogen (secondary N) is 1. The highest BCUT2D eigenvalue weighted by Crippen LogP contribution is 2.20. The first kappa shape index (κ1) is 14.8. The zero-order valence-corrected chi connectivity index (χ0v) is 12.7. The SMILES string of the molecule is O=C(CN1CCCC1C(=O)N1CCNCC1)N1CCCC1. The number of hydrogen-bond acceptors (Lipinski definition) is 4. The number of carbonyl (C=O) groups excluding carboxylic acids is 2. The average Bonchev–Trinajstić information content (AvgIpc) is 3.19. The molecule has 0 saturated carbocycles. The lowest BCUT2D eigenvalue weighted by molar-refractivity contribution is -0.138. The number of rotatable bonds is 3. The molecule has 6 heteroatoms. The van der Waals surface area contributed by atoms with Gasteiger partial charge in [-0.25, -0.2) is 0 Å². The Kier molecular flexibility index (Phi) is 4.75. The van der Waals surface area contributed by atoms with Crippen LogP contribution in [0, 0.1) is 0 Å². The van der Waals surface area contributed by atoms with Crippen molar-refractivity contribution in [1.82, 2.24) is 20.0 Å². The smallest absolute Gasteiger partial charge is 0.240 e. The normalized spacial score (nSPS) is 27.3. The molecule has 0 radical (unpaired) electrons. The van der Waals surface area contributed by atoms with Crippen LogP contribution in [0.2, 0.25) is 0 Å². The second-order valence-corrected chi connectivity index (χ2v) is 6.29. The van der Waals surface area contributed by atoms with E-state index < -0.39 is 0 Å². The number of carbonyl (C=O) groups is 2. The molecule has 3 heterocycles. The van der Waals surface area contributed by atoms with Crippen LogP contribution in [0.5, 0.6) is 0 Å². The van der Waals surface area contributed by atoms with Crippen LogP contribution in [0.4, 0.5) is 0 Å². The fraction of sp³-hybridized carbons (Fsp3) is 0.867. The van der Waals surface area contributed by atoms with Crippen molar-refractivity contribution >= 4 is 11.8 Å². The summed E-state index contributed by atoms with van der Waals surface area (Å²) < 4.78 is 0. The number of amides is 2. The molecule has 0 aromatic heterocycles. The Bertz CT molecular complexity index is 389. The molecule has 0 aliphatic carbocycles. The maximum absolute atomic E-state index is 12.6. The predicted octanol–water partition coefficient (Wildman–Crippen LogP) is -0.495. The molecule has 0 spiro atoms. The van der Waals surface area contributed by atoms with Crippen molar-refractivity contribution in [1.29, 1.82) is 0 Å². The Morgan fingerprint density at radius 2 is 1.62 bits per heavy atom. The van der Waals surface area contributed by atoms with Crippen LogP contribution < -0.4 is 5.32 Å². The predicted molar refractivity (Wildman–Crippen MR) is 79.9 cm³/mol. The lowest BCUT2D eigenvalue weighted by Crippen LogP contribution is -2.53. The minimum absolute atomic E-state index is 0.0744. The van der Waals surface area contributed by atoms with Gasteiger partial charge in [0.2, 0.25) is 11.8 Å². The molecule has 118 valence electrons. The Morgan fingerprint density at radius 1 is 0.905 bits per heavy atom. The number of likely N-dealkylation sites (tertiary alicyclic amines) is 2. The summed E-state index contributed by atoms with van der Waals surface area (Å²) >= 11 is 0. The van der Waals surface area contributed by atoms with Crippen molar-refractivity contribution in [3.8, 4) is 0 Å². The zero-order chi connectivity index (χ0) is 14.7. The first-order valence-corrected chi connectivity index (χ1v) is 8.27. The molecule has 6 nitrogen and oxygen atoms in total. The largest absolute Gasteiger partial charge is 0.342 e. The summed E-state index contributed by atoms with van der Waals surface area (Å²) in [6, 6.07) is -0.0744. The highest BCUT2D eigenvalue weighted by Gasteiger charge is 2.35. The van der Waals surface area contributed by atoms with Gasteiger partial charge in [-0.2, -0.15) is 0 Å². The third kappa shape index (κ3) is 3.37. The van der Waals surface area contributed by atoms with E-state index in [1.807, 2.05) is 9.80 Å². The summed E-state index contributed by atoms with van der Waals surface area (Å²) in [6.07, 6.45) is 4.16. The fourth-order valence-corrected chi connectivity index (χ4v) is 3.63. The molecule has 1 unspecified atom stereocenters. The van der Waals surface area contributed by atoms with E-state index in [1.54, 1.807) is 0 Å². The summed E-state index contributed by atoms with van der Waals surface area (Å²) in [5, 5.41) is 3.27. The fourth-order valence-electron chi connectivity index (χ4n) is 3.63. The number of piperazine rings is 1. The second-order valence-electron chi connectivity index (χ2n) is 6.29. The van der Waals surface area contributed by atoms with Crippen molar-refractivity contribution in [2.24, 2.45) is 0 Å². The van der Waals surface area contributed by atoms with E-state index in [4.69, 9.17) is 0 Å². The quantitative estimate of drug-likeness (QED) is 0.763. The van der Waals surface area contributed by atoms with Gasteiger partial charge in [-0.3, -0.25) is 14.5 Å². The van der Waals surface area contributed by atoms with Gasteiger partial charge < -0.3 is 15.1 Å². The van der Waals surface area contributed by atoms with Gasteiger partial charge in [0.05, 0.1) is 12.6 Å². The van der Waals surface area contributed by atoms with E-state index in [0.29, 0.717) is 6.54 Å². The molecule has 0 aromatic carbocycles. The summed E-state index contributed by atoms with van der Waals surface area (Å²) in [4.78, 5) is 30.9. The Labute approximate surface area is 126 Å². The van der Waals surface area contributed by atoms with Crippen LogP contribution in [-0.2, 0) is 9.59 Å². The van der Waals surface area contributed by atoms with Crippen molar-refractivity contribution in [3.05, 3.63) is 0 Å². The molecule has 3 aliphatic heterocycles. The molecular weight excluding hydrogens is 268 g/mol. The van der Waals surface area contributed by atoms with Crippen molar-refractivity contribution in [2.75, 3.05) is 52.4 Å². The minimum atomic E-state index is -0.0744. The standard InChI is InChI=1S/C15H26N4O2/c20-14(17-7-1-2-8-17)12-19-9-3-4-13(19)15(21)18-10-5-16-6-11-18/h13,16H,1-12H2. The summed E-state index contributed by atoms with van der Waals surface area (Å²) in [5.41, 5.74) is 0. The van der Waals surface area contributed by atoms with Crippen LogP contribution in [0.3, 0.4) is 0 Å². The number of hydrogen-bond donors (Lipinski definition) is 1. The molecule has 0 bridgehead atoms. The summed E-state index contributed by atoms with van der Waals surface area (Å²) in [5.74, 6) is 0.427. The molecule has 3 aliphatic rings. The van der Waals surface area contributed by atoms with Gasteiger partial charge in [0.1, 0.15) is 0 Å². The van der Waals surface area contributed by atoms with Gasteiger partial charge in [-0.15, -0.1) is 0 Å². The van der Waals surface area contributed by atoms with E-state index in [-0.39, 0.29) is 17.9 Å². The lowest BCUT2D eigenvalue weighted by atomic mass is 10.1. The van der Waals surface area contributed by atoms with E-state index in [1.165, 1.54) is 0 Å². The monoisotopic (exact) mass is 294 g/mol. The van der Waals surface area contributed by atoms with E-state index in [0.717, 1.165) is 71.5 Å². The van der Waals surface area contributed by atoms with Gasteiger partial charge in [-0.05, 0) is 32.2 Å². The van der Waals surface area contributed by atoms with Gasteiger partial charge in [0.15, 0.2) is 0 Å². The van der Waals surface area contributed by atoms with Crippen molar-refractivity contribution in [2.45, 2.75) is 31.7 Å². The molecule has 3 saturated heterocycles. The molecular formula is C15H26N4O2. The molecule has 0 aromatic rings. The van der Waals surface area contributed by atoms with Gasteiger partial charge in [-0.1, -0.05) is 0 Å². The van der Waals surface area contributed by atoms with Crippen molar-refractivity contribution in [3.63, 3.8) is 0 Å². The summed E-state index contributed by atoms with van der Waals surface area (Å²) in [6.45, 7) is 6.43. The Hall–Kier alpha value is -1.14. The van der Waals surface area contributed by atoms with Gasteiger partial charge in [0, 0.05) is 39.3 Å². The van der Waals surface area contributed by atoms with Gasteiger partial charge in [0.25, 0.3) is 0 Å². The van der Waals surface area contributed by atoms with E-state index in [9.17, 15) is 9.59 Å². The first-order chi connectivity index (χ1) is 10.3. The second kappa shape index (κ2) is 6.75. The molecule has 3 rings (SSSR count). The molecule has 1 atom stereocenters. The Balaban J connectivity index is 1.56. The zero-order valence-electron chi connectivity index (χ0n) is 12.7. The van der Waals surface area contributed by atoms with Crippen LogP contribution in [0.1, 0.15) is 25.7 Å². The number of nitrogens with zero attached hydrogens (tertiary/aromatic N) is 3. The highest BCUT2D eigenvalue weighted by atomic mass is 16.2. The minimum Gasteiger partial charge on any atom is -0.342 e. The van der Waals surface area contributed by atoms with Gasteiger partial charge >= 0.3 is 0 Å². The Morgan fingerprint density at radius 3 is 2.33 bits per heavy atom. The van der Waals surface area contributed by atoms with E-state index in [2.05, 4.69) is 10.2 Å². The average molecular weight is 294 g/mol. The topological polar surface area (TPSA) is 55.9 Å². The third-order valence-electron chi connectivity index (χ3n) is 4.87. The van der Waals surface area contributed by atoms with Crippen molar-refractivity contribution < 1.29 is 9.59 Å². The van der Waals surface area contributed by atoms with Crippen LogP contribution in [0.25, 0.3) is 0 Å². The molecule has 21 heavy (non-hydrogen) atoms. The van der Waals surface area contributed by atoms with Crippen LogP contribution in [-0.4, -0.2) is 84.9 Å². The van der Waals surface area contributed by atoms with Crippen LogP contribution in [0.15, 0.2) is 0 Å². The third-order valence-corrected chi connectivity index (χ3v) is 4.87. The summed E-state index contributed by atoms with van der Waals surface area (Å²) in [7, 11) is 0. The molecule has 2 amide bonds. The molecule has 3 fully saturated rings. The lowest BCUT2D eigenvalue weighted by Gasteiger charge is -2.33. The molecule has 1 N–H and O–H groups in total. The maximum Gasteiger partial charge on any atom is 0.240 e. The first-order valence-electron chi connectivity index (χ1n) is 8.27. The maximum atomic E-state index is 12.6. The van der Waals surface area contributed by atoms with E-state index >= 15 is 0 Å². The van der Waals surface area contributed by atoms with Crippen LogP contribution >= 0.6 is 0 Å². The highest BCUT2D eigenvalue weighted by molar-refractivity contribution is 5.84.